The van der Waals surface area contributed by atoms with E-state index in [4.69, 9.17) is 0 Å². The van der Waals surface area contributed by atoms with Gasteiger partial charge in [0.05, 0.1) is 0 Å². The molecule has 2 saturated heterocycles. The molecule has 0 aromatic heterocycles. The van der Waals surface area contributed by atoms with Gasteiger partial charge < -0.3 is 15.1 Å². The molecule has 1 aromatic carbocycles. The first-order valence-corrected chi connectivity index (χ1v) is 7.25. The predicted octanol–water partition coefficient (Wildman–Crippen LogP) is 1.34. The summed E-state index contributed by atoms with van der Waals surface area (Å²) in [5.41, 5.74) is 3.29. The highest BCUT2D eigenvalue weighted by Gasteiger charge is 2.19. The van der Waals surface area contributed by atoms with Gasteiger partial charge in [0.2, 0.25) is 5.91 Å². The SMILES string of the molecule is CN1CCN(c2ccccc2C=C2CCNC2=O)CC1. The number of anilines is 1. The smallest absolute Gasteiger partial charge is 0.247 e. The molecule has 0 radical (unpaired) electrons. The minimum atomic E-state index is 0.0816. The number of hydrogen-bond donors (Lipinski definition) is 1. The van der Waals surface area contributed by atoms with Gasteiger partial charge in [-0.1, -0.05) is 18.2 Å². The van der Waals surface area contributed by atoms with Crippen LogP contribution in [0.4, 0.5) is 5.69 Å². The molecular formula is C16H21N3O. The van der Waals surface area contributed by atoms with Gasteiger partial charge >= 0.3 is 0 Å². The molecule has 4 heteroatoms. The maximum Gasteiger partial charge on any atom is 0.247 e. The van der Waals surface area contributed by atoms with Crippen LogP contribution in [0, 0.1) is 0 Å². The number of para-hydroxylation sites is 1. The van der Waals surface area contributed by atoms with Crippen molar-refractivity contribution in [1.29, 1.82) is 0 Å². The maximum absolute atomic E-state index is 11.7. The number of amides is 1. The van der Waals surface area contributed by atoms with Crippen molar-refractivity contribution in [2.45, 2.75) is 6.42 Å². The Bertz CT molecular complexity index is 530. The predicted molar refractivity (Wildman–Crippen MR) is 81.8 cm³/mol. The van der Waals surface area contributed by atoms with Gasteiger partial charge in [-0.25, -0.2) is 0 Å². The lowest BCUT2D eigenvalue weighted by Crippen LogP contribution is -2.44. The summed E-state index contributed by atoms with van der Waals surface area (Å²) in [6, 6.07) is 8.38. The number of benzene rings is 1. The Labute approximate surface area is 120 Å². The van der Waals surface area contributed by atoms with Crippen molar-refractivity contribution in [3.63, 3.8) is 0 Å². The fraction of sp³-hybridized carbons (Fsp3) is 0.438. The van der Waals surface area contributed by atoms with Crippen molar-refractivity contribution in [2.75, 3.05) is 44.7 Å². The molecule has 106 valence electrons. The van der Waals surface area contributed by atoms with Crippen LogP contribution in [0.2, 0.25) is 0 Å². The first-order chi connectivity index (χ1) is 9.74. The summed E-state index contributed by atoms with van der Waals surface area (Å²) in [5.74, 6) is 0.0816. The molecule has 0 atom stereocenters. The van der Waals surface area contributed by atoms with Crippen LogP contribution in [-0.2, 0) is 4.79 Å². The number of carbonyl (C=O) groups excluding carboxylic acids is 1. The van der Waals surface area contributed by atoms with Crippen molar-refractivity contribution in [2.24, 2.45) is 0 Å². The number of rotatable bonds is 2. The first-order valence-electron chi connectivity index (χ1n) is 7.25. The van der Waals surface area contributed by atoms with E-state index in [1.54, 1.807) is 0 Å². The number of likely N-dealkylation sites (N-methyl/N-ethyl adjacent to an activating group) is 1. The van der Waals surface area contributed by atoms with Gasteiger partial charge in [-0.15, -0.1) is 0 Å². The lowest BCUT2D eigenvalue weighted by molar-refractivity contribution is -0.116. The van der Waals surface area contributed by atoms with Gasteiger partial charge in [-0.3, -0.25) is 4.79 Å². The van der Waals surface area contributed by atoms with Gasteiger partial charge in [0, 0.05) is 44.0 Å². The Kier molecular flexibility index (Phi) is 3.74. The van der Waals surface area contributed by atoms with E-state index in [0.717, 1.165) is 50.3 Å². The van der Waals surface area contributed by atoms with Gasteiger partial charge in [0.15, 0.2) is 0 Å². The summed E-state index contributed by atoms with van der Waals surface area (Å²) in [6.07, 6.45) is 2.88. The van der Waals surface area contributed by atoms with Crippen molar-refractivity contribution in [1.82, 2.24) is 10.2 Å². The van der Waals surface area contributed by atoms with E-state index in [2.05, 4.69) is 46.4 Å². The van der Waals surface area contributed by atoms with Gasteiger partial charge in [0.25, 0.3) is 0 Å². The minimum absolute atomic E-state index is 0.0816. The fourth-order valence-electron chi connectivity index (χ4n) is 2.81. The summed E-state index contributed by atoms with van der Waals surface area (Å²) >= 11 is 0. The van der Waals surface area contributed by atoms with E-state index < -0.39 is 0 Å². The standard InChI is InChI=1S/C16H21N3O/c1-18-8-10-19(11-9-18)15-5-3-2-4-13(15)12-14-6-7-17-16(14)20/h2-5,12H,6-11H2,1H3,(H,17,20). The molecule has 1 aromatic rings. The normalized spacial score (nSPS) is 22.4. The molecule has 20 heavy (non-hydrogen) atoms. The third kappa shape index (κ3) is 2.70. The van der Waals surface area contributed by atoms with Crippen LogP contribution >= 0.6 is 0 Å². The summed E-state index contributed by atoms with van der Waals surface area (Å²) in [5, 5.41) is 2.87. The van der Waals surface area contributed by atoms with E-state index in [-0.39, 0.29) is 5.91 Å². The fourth-order valence-corrected chi connectivity index (χ4v) is 2.81. The Morgan fingerprint density at radius 2 is 1.90 bits per heavy atom. The molecule has 2 heterocycles. The molecule has 3 rings (SSSR count). The zero-order chi connectivity index (χ0) is 13.9. The molecule has 0 spiro atoms. The Hall–Kier alpha value is -1.81. The second-order valence-corrected chi connectivity index (χ2v) is 5.52. The Morgan fingerprint density at radius 1 is 1.15 bits per heavy atom. The molecule has 0 aliphatic carbocycles. The quantitative estimate of drug-likeness (QED) is 0.825. The van der Waals surface area contributed by atoms with E-state index in [9.17, 15) is 4.79 Å². The average Bonchev–Trinajstić information content (AvgIpc) is 2.86. The largest absolute Gasteiger partial charge is 0.368 e. The monoisotopic (exact) mass is 271 g/mol. The van der Waals surface area contributed by atoms with Crippen molar-refractivity contribution in [3.05, 3.63) is 35.4 Å². The van der Waals surface area contributed by atoms with E-state index in [1.807, 2.05) is 6.07 Å². The maximum atomic E-state index is 11.7. The molecule has 0 bridgehead atoms. The number of nitrogens with zero attached hydrogens (tertiary/aromatic N) is 2. The lowest BCUT2D eigenvalue weighted by atomic mass is 10.1. The van der Waals surface area contributed by atoms with Crippen LogP contribution in [0.5, 0.6) is 0 Å². The van der Waals surface area contributed by atoms with Crippen LogP contribution in [0.3, 0.4) is 0 Å². The molecule has 2 aliphatic rings. The molecule has 2 fully saturated rings. The lowest BCUT2D eigenvalue weighted by Gasteiger charge is -2.35. The molecule has 0 unspecified atom stereocenters. The molecule has 1 amide bonds. The van der Waals surface area contributed by atoms with E-state index in [1.165, 1.54) is 5.69 Å². The summed E-state index contributed by atoms with van der Waals surface area (Å²) in [6.45, 7) is 5.03. The third-order valence-corrected chi connectivity index (χ3v) is 4.08. The van der Waals surface area contributed by atoms with Crippen LogP contribution in [0.25, 0.3) is 6.08 Å². The van der Waals surface area contributed by atoms with E-state index >= 15 is 0 Å². The highest BCUT2D eigenvalue weighted by atomic mass is 16.1. The molecule has 1 N–H and O–H groups in total. The van der Waals surface area contributed by atoms with Gasteiger partial charge in [-0.05, 0) is 31.2 Å². The summed E-state index contributed by atoms with van der Waals surface area (Å²) in [4.78, 5) is 16.5. The summed E-state index contributed by atoms with van der Waals surface area (Å²) in [7, 11) is 2.16. The number of piperazine rings is 1. The van der Waals surface area contributed by atoms with Crippen molar-refractivity contribution in [3.8, 4) is 0 Å². The molecular weight excluding hydrogens is 250 g/mol. The Morgan fingerprint density at radius 3 is 2.60 bits per heavy atom. The topological polar surface area (TPSA) is 35.6 Å². The average molecular weight is 271 g/mol. The number of hydrogen-bond acceptors (Lipinski definition) is 3. The van der Waals surface area contributed by atoms with Crippen molar-refractivity contribution >= 4 is 17.7 Å². The van der Waals surface area contributed by atoms with Crippen LogP contribution in [-0.4, -0.2) is 50.6 Å². The first kappa shape index (κ1) is 13.2. The number of carbonyl (C=O) groups is 1. The van der Waals surface area contributed by atoms with Gasteiger partial charge in [0.1, 0.15) is 0 Å². The van der Waals surface area contributed by atoms with Crippen LogP contribution in [0.15, 0.2) is 29.8 Å². The molecule has 2 aliphatic heterocycles. The second-order valence-electron chi connectivity index (χ2n) is 5.52. The minimum Gasteiger partial charge on any atom is -0.368 e. The Balaban J connectivity index is 1.86. The summed E-state index contributed by atoms with van der Waals surface area (Å²) < 4.78 is 0. The highest BCUT2D eigenvalue weighted by molar-refractivity contribution is 6.00. The zero-order valence-corrected chi connectivity index (χ0v) is 11.9. The van der Waals surface area contributed by atoms with Gasteiger partial charge in [-0.2, -0.15) is 0 Å². The number of nitrogens with one attached hydrogen (secondary N) is 1. The zero-order valence-electron chi connectivity index (χ0n) is 11.9. The molecule has 4 nitrogen and oxygen atoms in total. The van der Waals surface area contributed by atoms with E-state index in [0.29, 0.717) is 0 Å². The highest BCUT2D eigenvalue weighted by Crippen LogP contribution is 2.25. The third-order valence-electron chi connectivity index (χ3n) is 4.08. The second kappa shape index (κ2) is 5.67. The molecule has 0 saturated carbocycles. The van der Waals surface area contributed by atoms with Crippen LogP contribution in [0.1, 0.15) is 12.0 Å². The van der Waals surface area contributed by atoms with Crippen molar-refractivity contribution < 1.29 is 4.79 Å². The van der Waals surface area contributed by atoms with Crippen LogP contribution < -0.4 is 10.2 Å².